The van der Waals surface area contributed by atoms with E-state index in [1.165, 1.54) is 5.56 Å². The smallest absolute Gasteiger partial charge is 0.225 e. The van der Waals surface area contributed by atoms with Gasteiger partial charge in [-0.1, -0.05) is 60.7 Å². The minimum absolute atomic E-state index is 0.0187. The van der Waals surface area contributed by atoms with E-state index in [-0.39, 0.29) is 17.7 Å². The molecule has 0 aliphatic carbocycles. The molecule has 24 heavy (non-hydrogen) atoms. The SMILES string of the molecule is O=C(NCCc1ccccc1)C1CC(=O)N(Cc2ccccc2)C1. The third kappa shape index (κ3) is 4.22. The van der Waals surface area contributed by atoms with E-state index in [4.69, 9.17) is 0 Å². The normalized spacial score (nSPS) is 17.1. The highest BCUT2D eigenvalue weighted by Gasteiger charge is 2.33. The Balaban J connectivity index is 1.47. The second-order valence-electron chi connectivity index (χ2n) is 6.19. The molecule has 1 heterocycles. The van der Waals surface area contributed by atoms with Crippen LogP contribution in [0.2, 0.25) is 0 Å². The van der Waals surface area contributed by atoms with Crippen LogP contribution in [-0.2, 0) is 22.6 Å². The third-order valence-corrected chi connectivity index (χ3v) is 4.36. The molecule has 4 nitrogen and oxygen atoms in total. The summed E-state index contributed by atoms with van der Waals surface area (Å²) in [4.78, 5) is 26.2. The van der Waals surface area contributed by atoms with E-state index >= 15 is 0 Å². The molecule has 124 valence electrons. The Labute approximate surface area is 142 Å². The number of hydrogen-bond donors (Lipinski definition) is 1. The van der Waals surface area contributed by atoms with E-state index in [9.17, 15) is 9.59 Å². The van der Waals surface area contributed by atoms with Crippen LogP contribution in [0.15, 0.2) is 60.7 Å². The Hall–Kier alpha value is -2.62. The number of carbonyl (C=O) groups is 2. The summed E-state index contributed by atoms with van der Waals surface area (Å²) in [6.45, 7) is 1.69. The number of carbonyl (C=O) groups excluding carboxylic acids is 2. The molecule has 0 saturated carbocycles. The van der Waals surface area contributed by atoms with Gasteiger partial charge in [-0.25, -0.2) is 0 Å². The molecule has 0 radical (unpaired) electrons. The second kappa shape index (κ2) is 7.77. The van der Waals surface area contributed by atoms with Crippen molar-refractivity contribution >= 4 is 11.8 Å². The van der Waals surface area contributed by atoms with Gasteiger partial charge in [-0.2, -0.15) is 0 Å². The molecule has 4 heteroatoms. The summed E-state index contributed by atoms with van der Waals surface area (Å²) in [5, 5.41) is 2.96. The lowest BCUT2D eigenvalue weighted by Gasteiger charge is -2.16. The van der Waals surface area contributed by atoms with Gasteiger partial charge in [0.15, 0.2) is 0 Å². The number of nitrogens with one attached hydrogen (secondary N) is 1. The van der Waals surface area contributed by atoms with Gasteiger partial charge in [-0.15, -0.1) is 0 Å². The molecule has 1 aliphatic heterocycles. The highest BCUT2D eigenvalue weighted by molar-refractivity contribution is 5.89. The van der Waals surface area contributed by atoms with Crippen LogP contribution in [0.1, 0.15) is 17.5 Å². The summed E-state index contributed by atoms with van der Waals surface area (Å²) in [6, 6.07) is 19.9. The van der Waals surface area contributed by atoms with E-state index in [1.807, 2.05) is 60.7 Å². The fourth-order valence-corrected chi connectivity index (χ4v) is 3.02. The van der Waals surface area contributed by atoms with Crippen molar-refractivity contribution in [3.05, 3.63) is 71.8 Å². The molecule has 0 bridgehead atoms. The Morgan fingerprint density at radius 1 is 1.00 bits per heavy atom. The zero-order valence-corrected chi connectivity index (χ0v) is 13.7. The quantitative estimate of drug-likeness (QED) is 0.888. The number of nitrogens with zero attached hydrogens (tertiary/aromatic N) is 1. The first kappa shape index (κ1) is 16.2. The average Bonchev–Trinajstić information content (AvgIpc) is 2.97. The van der Waals surface area contributed by atoms with E-state index in [1.54, 1.807) is 4.90 Å². The molecule has 1 unspecified atom stereocenters. The number of amides is 2. The molecule has 0 aromatic heterocycles. The Bertz CT molecular complexity index is 685. The Morgan fingerprint density at radius 3 is 2.29 bits per heavy atom. The summed E-state index contributed by atoms with van der Waals surface area (Å²) >= 11 is 0. The maximum Gasteiger partial charge on any atom is 0.225 e. The van der Waals surface area contributed by atoms with Crippen molar-refractivity contribution in [2.45, 2.75) is 19.4 Å². The molecular weight excluding hydrogens is 300 g/mol. The predicted molar refractivity (Wildman–Crippen MR) is 93.1 cm³/mol. The Kier molecular flexibility index (Phi) is 5.26. The van der Waals surface area contributed by atoms with E-state index in [0.29, 0.717) is 26.1 Å². The van der Waals surface area contributed by atoms with Crippen LogP contribution in [0.3, 0.4) is 0 Å². The van der Waals surface area contributed by atoms with Gasteiger partial charge in [0, 0.05) is 26.1 Å². The van der Waals surface area contributed by atoms with E-state index in [0.717, 1.165) is 12.0 Å². The fourth-order valence-electron chi connectivity index (χ4n) is 3.02. The van der Waals surface area contributed by atoms with Crippen LogP contribution in [-0.4, -0.2) is 29.8 Å². The van der Waals surface area contributed by atoms with Gasteiger partial charge in [-0.05, 0) is 17.5 Å². The maximum atomic E-state index is 12.3. The first-order valence-corrected chi connectivity index (χ1v) is 8.36. The predicted octanol–water partition coefficient (Wildman–Crippen LogP) is 2.39. The number of likely N-dealkylation sites (tertiary alicyclic amines) is 1. The molecular formula is C20H22N2O2. The average molecular weight is 322 g/mol. The summed E-state index contributed by atoms with van der Waals surface area (Å²) in [5.74, 6) is -0.200. The van der Waals surface area contributed by atoms with Gasteiger partial charge in [0.1, 0.15) is 0 Å². The van der Waals surface area contributed by atoms with E-state index < -0.39 is 0 Å². The van der Waals surface area contributed by atoms with Crippen molar-refractivity contribution in [3.8, 4) is 0 Å². The van der Waals surface area contributed by atoms with Gasteiger partial charge in [0.2, 0.25) is 11.8 Å². The zero-order chi connectivity index (χ0) is 16.8. The third-order valence-electron chi connectivity index (χ3n) is 4.36. The summed E-state index contributed by atoms with van der Waals surface area (Å²) in [5.41, 5.74) is 2.29. The molecule has 2 aromatic rings. The molecule has 1 saturated heterocycles. The van der Waals surface area contributed by atoms with Gasteiger partial charge < -0.3 is 10.2 Å². The highest BCUT2D eigenvalue weighted by atomic mass is 16.2. The standard InChI is InChI=1S/C20H22N2O2/c23-19-13-18(15-22(19)14-17-9-5-2-6-10-17)20(24)21-12-11-16-7-3-1-4-8-16/h1-10,18H,11-15H2,(H,21,24). The summed E-state index contributed by atoms with van der Waals surface area (Å²) < 4.78 is 0. The second-order valence-corrected chi connectivity index (χ2v) is 6.19. The molecule has 0 spiro atoms. The van der Waals surface area contributed by atoms with Crippen LogP contribution in [0.5, 0.6) is 0 Å². The largest absolute Gasteiger partial charge is 0.355 e. The van der Waals surface area contributed by atoms with Crippen molar-refractivity contribution < 1.29 is 9.59 Å². The van der Waals surface area contributed by atoms with Gasteiger partial charge in [0.25, 0.3) is 0 Å². The van der Waals surface area contributed by atoms with Crippen LogP contribution in [0.4, 0.5) is 0 Å². The molecule has 2 aromatic carbocycles. The molecule has 1 fully saturated rings. The zero-order valence-electron chi connectivity index (χ0n) is 13.7. The summed E-state index contributed by atoms with van der Waals surface area (Å²) in [6.07, 6.45) is 1.12. The van der Waals surface area contributed by atoms with Gasteiger partial charge >= 0.3 is 0 Å². The maximum absolute atomic E-state index is 12.3. The van der Waals surface area contributed by atoms with Crippen LogP contribution in [0, 0.1) is 5.92 Å². The van der Waals surface area contributed by atoms with Crippen molar-refractivity contribution in [1.82, 2.24) is 10.2 Å². The van der Waals surface area contributed by atoms with Gasteiger partial charge in [0.05, 0.1) is 5.92 Å². The first-order chi connectivity index (χ1) is 11.7. The summed E-state index contributed by atoms with van der Waals surface area (Å²) in [7, 11) is 0. The number of rotatable bonds is 6. The van der Waals surface area contributed by atoms with Crippen LogP contribution >= 0.6 is 0 Å². The minimum atomic E-state index is -0.239. The fraction of sp³-hybridized carbons (Fsp3) is 0.300. The van der Waals surface area contributed by atoms with Crippen molar-refractivity contribution in [1.29, 1.82) is 0 Å². The van der Waals surface area contributed by atoms with E-state index in [2.05, 4.69) is 5.32 Å². The van der Waals surface area contributed by atoms with Crippen molar-refractivity contribution in [3.63, 3.8) is 0 Å². The van der Waals surface area contributed by atoms with Gasteiger partial charge in [-0.3, -0.25) is 9.59 Å². The monoisotopic (exact) mass is 322 g/mol. The van der Waals surface area contributed by atoms with Crippen molar-refractivity contribution in [2.24, 2.45) is 5.92 Å². The molecule has 1 N–H and O–H groups in total. The lowest BCUT2D eigenvalue weighted by molar-refractivity contribution is -0.129. The first-order valence-electron chi connectivity index (χ1n) is 8.36. The lowest BCUT2D eigenvalue weighted by Crippen LogP contribution is -2.34. The minimum Gasteiger partial charge on any atom is -0.355 e. The van der Waals surface area contributed by atoms with Crippen LogP contribution < -0.4 is 5.32 Å². The molecule has 2 amide bonds. The molecule has 3 rings (SSSR count). The number of benzene rings is 2. The topological polar surface area (TPSA) is 49.4 Å². The molecule has 1 aliphatic rings. The molecule has 1 atom stereocenters. The van der Waals surface area contributed by atoms with Crippen molar-refractivity contribution in [2.75, 3.05) is 13.1 Å². The Morgan fingerprint density at radius 2 is 1.62 bits per heavy atom. The number of hydrogen-bond acceptors (Lipinski definition) is 2. The van der Waals surface area contributed by atoms with Crippen LogP contribution in [0.25, 0.3) is 0 Å². The lowest BCUT2D eigenvalue weighted by atomic mass is 10.1. The highest BCUT2D eigenvalue weighted by Crippen LogP contribution is 2.20.